The van der Waals surface area contributed by atoms with E-state index >= 15 is 0 Å². The van der Waals surface area contributed by atoms with Gasteiger partial charge in [-0.3, -0.25) is 0 Å². The maximum absolute atomic E-state index is 12.1. The monoisotopic (exact) mass is 484 g/mol. The van der Waals surface area contributed by atoms with Crippen LogP contribution < -0.4 is 0 Å². The molecule has 0 N–H and O–H groups in total. The molecule has 0 amide bonds. The number of methoxy groups -OCH3 is 2. The molecule has 0 bridgehead atoms. The van der Waals surface area contributed by atoms with E-state index in [1.165, 1.54) is 46.9 Å². The number of thioether (sulfide) groups is 5. The van der Waals surface area contributed by atoms with Crippen LogP contribution in [-0.2, 0) is 19.1 Å². The Morgan fingerprint density at radius 1 is 0.724 bits per heavy atom. The van der Waals surface area contributed by atoms with E-state index in [0.29, 0.717) is 9.81 Å². The molecule has 1 aromatic rings. The van der Waals surface area contributed by atoms with Crippen molar-refractivity contribution in [3.05, 3.63) is 39.5 Å². The zero-order valence-corrected chi connectivity index (χ0v) is 20.1. The zero-order valence-electron chi connectivity index (χ0n) is 16.0. The van der Waals surface area contributed by atoms with Gasteiger partial charge in [0.15, 0.2) is 0 Å². The van der Waals surface area contributed by atoms with Crippen molar-refractivity contribution in [3.63, 3.8) is 0 Å². The number of rotatable bonds is 2. The first-order valence-corrected chi connectivity index (χ1v) is 12.6. The number of ether oxygens (including phenoxy) is 2. The molecule has 11 heteroatoms. The molecule has 3 aliphatic rings. The van der Waals surface area contributed by atoms with Crippen molar-refractivity contribution in [1.82, 2.24) is 9.97 Å². The van der Waals surface area contributed by atoms with E-state index in [0.717, 1.165) is 43.4 Å². The second-order valence-electron chi connectivity index (χ2n) is 6.08. The molecule has 4 rings (SSSR count). The Balaban J connectivity index is 1.56. The maximum Gasteiger partial charge on any atom is 0.346 e. The van der Waals surface area contributed by atoms with Crippen molar-refractivity contribution in [2.75, 3.05) is 14.2 Å². The van der Waals surface area contributed by atoms with Crippen molar-refractivity contribution < 1.29 is 19.1 Å². The van der Waals surface area contributed by atoms with Crippen molar-refractivity contribution >= 4 is 70.7 Å². The molecule has 0 spiro atoms. The molecular weight excluding hydrogens is 469 g/mol. The van der Waals surface area contributed by atoms with Gasteiger partial charge in [0.1, 0.15) is 19.9 Å². The molecule has 6 nitrogen and oxygen atoms in total. The fourth-order valence-electron chi connectivity index (χ4n) is 2.64. The fourth-order valence-corrected chi connectivity index (χ4v) is 9.22. The second-order valence-corrected chi connectivity index (χ2v) is 11.8. The summed E-state index contributed by atoms with van der Waals surface area (Å²) < 4.78 is 11.8. The first-order valence-electron chi connectivity index (χ1n) is 8.53. The summed E-state index contributed by atoms with van der Waals surface area (Å²) >= 11 is 7.65. The Morgan fingerprint density at radius 3 is 1.55 bits per heavy atom. The van der Waals surface area contributed by atoms with Gasteiger partial charge in [0.25, 0.3) is 0 Å². The number of carbonyl (C=O) groups is 2. The quantitative estimate of drug-likeness (QED) is 0.520. The van der Waals surface area contributed by atoms with Crippen LogP contribution >= 0.6 is 58.8 Å². The Hall–Kier alpha value is -1.01. The van der Waals surface area contributed by atoms with E-state index in [1.54, 1.807) is 35.3 Å². The summed E-state index contributed by atoms with van der Waals surface area (Å²) in [5.74, 6) is -1.03. The summed E-state index contributed by atoms with van der Waals surface area (Å²) in [5.41, 5.74) is 1.92. The number of hydrogen-bond acceptors (Lipinski definition) is 11. The molecule has 0 unspecified atom stereocenters. The van der Waals surface area contributed by atoms with E-state index in [-0.39, 0.29) is 0 Å². The normalized spacial score (nSPS) is 18.6. The fraction of sp³-hybridized carbons (Fsp3) is 0.333. The molecule has 152 valence electrons. The minimum atomic E-state index is -0.514. The summed E-state index contributed by atoms with van der Waals surface area (Å²) in [6.07, 6.45) is 1.80. The maximum atomic E-state index is 12.1. The second kappa shape index (κ2) is 8.62. The molecule has 1 saturated heterocycles. The molecule has 1 fully saturated rings. The SMILES string of the molecule is COC(=O)C1=C(C(=O)OC)SC(=C2CCC(=C3Sc4nc(C)c(C)nc4S3)S2)S1. The first kappa shape index (κ1) is 21.2. The highest BCUT2D eigenvalue weighted by Gasteiger charge is 2.36. The number of allylic oxidation sites excluding steroid dienone is 2. The minimum absolute atomic E-state index is 0.296. The topological polar surface area (TPSA) is 78.4 Å². The highest BCUT2D eigenvalue weighted by atomic mass is 32.2. The molecule has 0 saturated carbocycles. The minimum Gasteiger partial charge on any atom is -0.465 e. The van der Waals surface area contributed by atoms with Gasteiger partial charge < -0.3 is 9.47 Å². The van der Waals surface area contributed by atoms with Gasteiger partial charge in [-0.1, -0.05) is 58.8 Å². The van der Waals surface area contributed by atoms with Crippen LogP contribution in [0.2, 0.25) is 0 Å². The molecule has 0 atom stereocenters. The molecule has 0 aromatic carbocycles. The van der Waals surface area contributed by atoms with Gasteiger partial charge in [-0.05, 0) is 26.7 Å². The third-order valence-corrected chi connectivity index (χ3v) is 11.2. The average Bonchev–Trinajstić information content (AvgIpc) is 3.44. The van der Waals surface area contributed by atoms with Crippen molar-refractivity contribution in [2.24, 2.45) is 0 Å². The smallest absolute Gasteiger partial charge is 0.346 e. The molecule has 0 aliphatic carbocycles. The zero-order chi connectivity index (χ0) is 20.7. The molecule has 4 heterocycles. The van der Waals surface area contributed by atoms with Crippen molar-refractivity contribution in [2.45, 2.75) is 36.7 Å². The summed E-state index contributed by atoms with van der Waals surface area (Å²) in [6.45, 7) is 3.95. The number of aryl methyl sites for hydroxylation is 2. The van der Waals surface area contributed by atoms with Gasteiger partial charge in [0, 0.05) is 9.81 Å². The molecule has 29 heavy (non-hydrogen) atoms. The van der Waals surface area contributed by atoms with Gasteiger partial charge in [0.05, 0.1) is 34.1 Å². The van der Waals surface area contributed by atoms with Crippen molar-refractivity contribution in [1.29, 1.82) is 0 Å². The average molecular weight is 485 g/mol. The number of esters is 2. The summed E-state index contributed by atoms with van der Waals surface area (Å²) in [5, 5.41) is 1.93. The lowest BCUT2D eigenvalue weighted by Gasteiger charge is -2.02. The number of nitrogens with zero attached hydrogens (tertiary/aromatic N) is 2. The van der Waals surface area contributed by atoms with Crippen LogP contribution in [0.4, 0.5) is 0 Å². The third kappa shape index (κ3) is 4.12. The predicted octanol–water partition coefficient (Wildman–Crippen LogP) is 5.19. The lowest BCUT2D eigenvalue weighted by atomic mass is 10.3. The summed E-state index contributed by atoms with van der Waals surface area (Å²) in [7, 11) is 2.62. The third-order valence-electron chi connectivity index (χ3n) is 4.24. The molecular formula is C18H16N2O4S5. The molecule has 0 radical (unpaired) electrons. The predicted molar refractivity (Wildman–Crippen MR) is 120 cm³/mol. The van der Waals surface area contributed by atoms with Gasteiger partial charge in [-0.25, -0.2) is 19.6 Å². The largest absolute Gasteiger partial charge is 0.465 e. The van der Waals surface area contributed by atoms with E-state index in [2.05, 4.69) is 9.97 Å². The number of hydrogen-bond donors (Lipinski definition) is 0. The standard InChI is InChI=1S/C18H16N2O4S5/c1-7-8(2)20-14-13(19-7)28-18(29-14)10-6-5-9(25-10)17-26-11(15(21)23-3)12(27-17)16(22)24-4/h5-6H2,1-4H3. The van der Waals surface area contributed by atoms with Crippen LogP contribution in [0, 0.1) is 13.8 Å². The van der Waals surface area contributed by atoms with Crippen LogP contribution in [-0.4, -0.2) is 36.1 Å². The highest BCUT2D eigenvalue weighted by Crippen LogP contribution is 2.60. The summed E-state index contributed by atoms with van der Waals surface area (Å²) in [4.78, 5) is 36.5. The molecule has 3 aliphatic heterocycles. The van der Waals surface area contributed by atoms with Crippen molar-refractivity contribution in [3.8, 4) is 0 Å². The lowest BCUT2D eigenvalue weighted by Crippen LogP contribution is -2.08. The van der Waals surface area contributed by atoms with Gasteiger partial charge in [-0.15, -0.1) is 0 Å². The van der Waals surface area contributed by atoms with Gasteiger partial charge >= 0.3 is 11.9 Å². The Labute approximate surface area is 189 Å². The number of fused-ring (bicyclic) bond motifs is 1. The Morgan fingerprint density at radius 2 is 1.14 bits per heavy atom. The van der Waals surface area contributed by atoms with E-state index in [4.69, 9.17) is 9.47 Å². The van der Waals surface area contributed by atoms with E-state index in [9.17, 15) is 9.59 Å². The van der Waals surface area contributed by atoms with Crippen LogP contribution in [0.3, 0.4) is 0 Å². The lowest BCUT2D eigenvalue weighted by molar-refractivity contribution is -0.138. The summed E-state index contributed by atoms with van der Waals surface area (Å²) in [6, 6.07) is 0. The number of aromatic nitrogens is 2. The van der Waals surface area contributed by atoms with Gasteiger partial charge in [-0.2, -0.15) is 0 Å². The van der Waals surface area contributed by atoms with E-state index in [1.807, 2.05) is 13.8 Å². The van der Waals surface area contributed by atoms with Crippen LogP contribution in [0.15, 0.2) is 38.1 Å². The van der Waals surface area contributed by atoms with Gasteiger partial charge in [0.2, 0.25) is 0 Å². The van der Waals surface area contributed by atoms with Crippen LogP contribution in [0.1, 0.15) is 24.2 Å². The van der Waals surface area contributed by atoms with E-state index < -0.39 is 11.9 Å². The Kier molecular flexibility index (Phi) is 6.31. The Bertz CT molecular complexity index is 968. The molecule has 1 aromatic heterocycles. The first-order chi connectivity index (χ1) is 13.9. The van der Waals surface area contributed by atoms with Crippen LogP contribution in [0.25, 0.3) is 0 Å². The van der Waals surface area contributed by atoms with Crippen LogP contribution in [0.5, 0.6) is 0 Å². The number of carbonyl (C=O) groups excluding carboxylic acids is 2. The highest BCUT2D eigenvalue weighted by molar-refractivity contribution is 8.30.